The van der Waals surface area contributed by atoms with E-state index in [1.54, 1.807) is 12.1 Å². The van der Waals surface area contributed by atoms with Gasteiger partial charge in [0.2, 0.25) is 5.91 Å². The molecule has 0 aliphatic carbocycles. The molecular formula is C12H11ClFN3O. The van der Waals surface area contributed by atoms with Gasteiger partial charge in [0, 0.05) is 22.3 Å². The van der Waals surface area contributed by atoms with Crippen LogP contribution in [0.4, 0.5) is 10.2 Å². The topological polar surface area (TPSA) is 57.8 Å². The number of nitrogens with zero attached hydrogens (tertiary/aromatic N) is 1. The predicted molar refractivity (Wildman–Crippen MR) is 67.1 cm³/mol. The molecule has 0 aliphatic heterocycles. The van der Waals surface area contributed by atoms with Gasteiger partial charge in [-0.15, -0.1) is 0 Å². The maximum absolute atomic E-state index is 13.5. The molecule has 18 heavy (non-hydrogen) atoms. The Balaban J connectivity index is 2.08. The van der Waals surface area contributed by atoms with Crippen molar-refractivity contribution in [2.45, 2.75) is 13.3 Å². The second kappa shape index (κ2) is 5.18. The van der Waals surface area contributed by atoms with E-state index in [0.29, 0.717) is 5.82 Å². The molecule has 0 saturated heterocycles. The van der Waals surface area contributed by atoms with Crippen molar-refractivity contribution < 1.29 is 9.18 Å². The van der Waals surface area contributed by atoms with E-state index in [2.05, 4.69) is 15.5 Å². The average molecular weight is 268 g/mol. The fourth-order valence-corrected chi connectivity index (χ4v) is 1.76. The van der Waals surface area contributed by atoms with Crippen LogP contribution in [0.3, 0.4) is 0 Å². The number of hydrogen-bond donors (Lipinski definition) is 2. The van der Waals surface area contributed by atoms with Gasteiger partial charge < -0.3 is 5.32 Å². The maximum atomic E-state index is 13.5. The van der Waals surface area contributed by atoms with E-state index in [9.17, 15) is 9.18 Å². The number of aromatic nitrogens is 2. The number of amides is 1. The van der Waals surface area contributed by atoms with Gasteiger partial charge in [-0.05, 0) is 19.1 Å². The molecule has 2 N–H and O–H groups in total. The van der Waals surface area contributed by atoms with Gasteiger partial charge in [0.25, 0.3) is 0 Å². The number of hydrogen-bond acceptors (Lipinski definition) is 2. The second-order valence-corrected chi connectivity index (χ2v) is 4.27. The zero-order valence-corrected chi connectivity index (χ0v) is 10.4. The minimum absolute atomic E-state index is 0.128. The molecule has 1 aromatic heterocycles. The van der Waals surface area contributed by atoms with Crippen molar-refractivity contribution >= 4 is 23.3 Å². The summed E-state index contributed by atoms with van der Waals surface area (Å²) in [5, 5.41) is 9.35. The molecule has 0 spiro atoms. The highest BCUT2D eigenvalue weighted by Gasteiger charge is 2.12. The van der Waals surface area contributed by atoms with Crippen LogP contribution in [-0.2, 0) is 11.2 Å². The molecule has 2 aromatic rings. The fourth-order valence-electron chi connectivity index (χ4n) is 1.53. The molecule has 1 heterocycles. The highest BCUT2D eigenvalue weighted by atomic mass is 35.5. The van der Waals surface area contributed by atoms with Gasteiger partial charge >= 0.3 is 0 Å². The lowest BCUT2D eigenvalue weighted by Gasteiger charge is -2.05. The molecule has 2 rings (SSSR count). The van der Waals surface area contributed by atoms with Gasteiger partial charge in [-0.1, -0.05) is 17.7 Å². The molecule has 0 bridgehead atoms. The van der Waals surface area contributed by atoms with E-state index < -0.39 is 5.82 Å². The highest BCUT2D eigenvalue weighted by molar-refractivity contribution is 6.31. The standard InChI is InChI=1S/C12H11ClFN3O/c1-7-5-11(17-16-7)15-12(18)6-8-9(13)3-2-4-10(8)14/h2-5H,6H2,1H3,(H2,15,16,17,18). The van der Waals surface area contributed by atoms with Gasteiger partial charge in [0.1, 0.15) is 5.82 Å². The Morgan fingerprint density at radius 1 is 1.56 bits per heavy atom. The Labute approximate surface area is 108 Å². The minimum atomic E-state index is -0.490. The zero-order valence-electron chi connectivity index (χ0n) is 9.63. The van der Waals surface area contributed by atoms with Crippen LogP contribution in [0, 0.1) is 12.7 Å². The van der Waals surface area contributed by atoms with Crippen LogP contribution in [0.25, 0.3) is 0 Å². The third-order valence-corrected chi connectivity index (χ3v) is 2.73. The normalized spacial score (nSPS) is 10.4. The first-order chi connectivity index (χ1) is 8.56. The Kier molecular flexibility index (Phi) is 3.62. The molecular weight excluding hydrogens is 257 g/mol. The monoisotopic (exact) mass is 267 g/mol. The number of carbonyl (C=O) groups is 1. The number of rotatable bonds is 3. The number of carbonyl (C=O) groups excluding carboxylic acids is 1. The Hall–Kier alpha value is -1.88. The van der Waals surface area contributed by atoms with Gasteiger partial charge in [0.05, 0.1) is 6.42 Å². The summed E-state index contributed by atoms with van der Waals surface area (Å²) in [5.74, 6) is -0.450. The number of nitrogens with one attached hydrogen (secondary N) is 2. The summed E-state index contributed by atoms with van der Waals surface area (Å²) >= 11 is 5.84. The van der Waals surface area contributed by atoms with Crippen LogP contribution in [0.15, 0.2) is 24.3 Å². The van der Waals surface area contributed by atoms with Crippen LogP contribution in [-0.4, -0.2) is 16.1 Å². The van der Waals surface area contributed by atoms with Crippen LogP contribution in [0.5, 0.6) is 0 Å². The lowest BCUT2D eigenvalue weighted by molar-refractivity contribution is -0.115. The molecule has 6 heteroatoms. The molecule has 1 aromatic carbocycles. The lowest BCUT2D eigenvalue weighted by atomic mass is 10.1. The Bertz CT molecular complexity index is 562. The molecule has 0 radical (unpaired) electrons. The SMILES string of the molecule is Cc1cc(NC(=O)Cc2c(F)cccc2Cl)n[nH]1. The summed E-state index contributed by atoms with van der Waals surface area (Å²) in [6.07, 6.45) is -0.128. The first-order valence-electron chi connectivity index (χ1n) is 5.31. The maximum Gasteiger partial charge on any atom is 0.230 e. The van der Waals surface area contributed by atoms with Gasteiger partial charge in [-0.3, -0.25) is 9.89 Å². The molecule has 0 fully saturated rings. The number of benzene rings is 1. The van der Waals surface area contributed by atoms with Crippen molar-refractivity contribution in [1.82, 2.24) is 10.2 Å². The lowest BCUT2D eigenvalue weighted by Crippen LogP contribution is -2.15. The Morgan fingerprint density at radius 3 is 2.94 bits per heavy atom. The predicted octanol–water partition coefficient (Wildman–Crippen LogP) is 2.69. The highest BCUT2D eigenvalue weighted by Crippen LogP contribution is 2.19. The number of aryl methyl sites for hydroxylation is 1. The second-order valence-electron chi connectivity index (χ2n) is 3.86. The molecule has 1 amide bonds. The summed E-state index contributed by atoms with van der Waals surface area (Å²) in [6, 6.07) is 6.00. The van der Waals surface area contributed by atoms with E-state index in [0.717, 1.165) is 5.69 Å². The van der Waals surface area contributed by atoms with E-state index in [1.165, 1.54) is 12.1 Å². The molecule has 0 aliphatic rings. The number of halogens is 2. The quantitative estimate of drug-likeness (QED) is 0.898. The number of aromatic amines is 1. The van der Waals surface area contributed by atoms with Crippen molar-refractivity contribution in [1.29, 1.82) is 0 Å². The first-order valence-corrected chi connectivity index (χ1v) is 5.69. The van der Waals surface area contributed by atoms with Crippen LogP contribution in [0.2, 0.25) is 5.02 Å². The smallest absolute Gasteiger partial charge is 0.230 e. The summed E-state index contributed by atoms with van der Waals surface area (Å²) < 4.78 is 13.5. The van der Waals surface area contributed by atoms with E-state index >= 15 is 0 Å². The van der Waals surface area contributed by atoms with Gasteiger partial charge in [-0.2, -0.15) is 5.10 Å². The molecule has 0 saturated carbocycles. The fraction of sp³-hybridized carbons (Fsp3) is 0.167. The van der Waals surface area contributed by atoms with Crippen molar-refractivity contribution in [3.05, 3.63) is 46.4 Å². The van der Waals surface area contributed by atoms with Gasteiger partial charge in [0.15, 0.2) is 5.82 Å². The molecule has 0 atom stereocenters. The van der Waals surface area contributed by atoms with Crippen LogP contribution >= 0.6 is 11.6 Å². The summed E-state index contributed by atoms with van der Waals surface area (Å²) in [5.41, 5.74) is 1.01. The van der Waals surface area contributed by atoms with E-state index in [-0.39, 0.29) is 22.9 Å². The van der Waals surface area contributed by atoms with Crippen LogP contribution in [0.1, 0.15) is 11.3 Å². The molecule has 4 nitrogen and oxygen atoms in total. The van der Waals surface area contributed by atoms with Gasteiger partial charge in [-0.25, -0.2) is 4.39 Å². The number of anilines is 1. The third kappa shape index (κ3) is 2.87. The average Bonchev–Trinajstić information content (AvgIpc) is 2.69. The zero-order chi connectivity index (χ0) is 13.1. The third-order valence-electron chi connectivity index (χ3n) is 2.37. The summed E-state index contributed by atoms with van der Waals surface area (Å²) in [7, 11) is 0. The van der Waals surface area contributed by atoms with Crippen LogP contribution < -0.4 is 5.32 Å². The van der Waals surface area contributed by atoms with Crippen molar-refractivity contribution in [3.63, 3.8) is 0 Å². The van der Waals surface area contributed by atoms with E-state index in [4.69, 9.17) is 11.6 Å². The molecule has 94 valence electrons. The first kappa shape index (κ1) is 12.6. The van der Waals surface area contributed by atoms with Crippen molar-refractivity contribution in [2.75, 3.05) is 5.32 Å². The van der Waals surface area contributed by atoms with Crippen molar-refractivity contribution in [2.24, 2.45) is 0 Å². The molecule has 0 unspecified atom stereocenters. The van der Waals surface area contributed by atoms with Crippen molar-refractivity contribution in [3.8, 4) is 0 Å². The Morgan fingerprint density at radius 2 is 2.33 bits per heavy atom. The minimum Gasteiger partial charge on any atom is -0.309 e. The number of H-pyrrole nitrogens is 1. The summed E-state index contributed by atoms with van der Waals surface area (Å²) in [6.45, 7) is 1.82. The summed E-state index contributed by atoms with van der Waals surface area (Å²) in [4.78, 5) is 11.7. The van der Waals surface area contributed by atoms with E-state index in [1.807, 2.05) is 6.92 Å². The largest absolute Gasteiger partial charge is 0.309 e.